The number of halogens is 2. The summed E-state index contributed by atoms with van der Waals surface area (Å²) in [5.74, 6) is -15.8. The first-order valence-electron chi connectivity index (χ1n) is 38.1. The molecule has 114 heavy (non-hydrogen) atoms. The van der Waals surface area contributed by atoms with Gasteiger partial charge in [-0.2, -0.15) is 0 Å². The van der Waals surface area contributed by atoms with Crippen molar-refractivity contribution in [3.8, 4) is 57.1 Å². The number of carboxylic acids is 1. The monoisotopic (exact) mass is 1630 g/mol. The van der Waals surface area contributed by atoms with E-state index < -0.39 is 231 Å². The van der Waals surface area contributed by atoms with Crippen molar-refractivity contribution in [2.75, 3.05) is 20.2 Å². The molecule has 33 nitrogen and oxygen atoms in total. The highest BCUT2D eigenvalue weighted by Gasteiger charge is 2.52. The summed E-state index contributed by atoms with van der Waals surface area (Å²) < 4.78 is 39.5. The van der Waals surface area contributed by atoms with Crippen LogP contribution in [0.2, 0.25) is 10.0 Å². The third kappa shape index (κ3) is 20.5. The van der Waals surface area contributed by atoms with Gasteiger partial charge in [-0.3, -0.25) is 33.6 Å². The van der Waals surface area contributed by atoms with E-state index >= 15 is 14.4 Å². The summed E-state index contributed by atoms with van der Waals surface area (Å²) in [4.78, 5) is 118. The van der Waals surface area contributed by atoms with Crippen molar-refractivity contribution >= 4 is 70.5 Å². The molecular weight excluding hydrogens is 1530 g/mol. The maximum atomic E-state index is 16.2. The van der Waals surface area contributed by atoms with Gasteiger partial charge in [0.1, 0.15) is 89.5 Å². The topological polar surface area (TPSA) is 517 Å². The summed E-state index contributed by atoms with van der Waals surface area (Å²) in [5, 5.41) is 136. The smallest absolute Gasteiger partial charge is 0.330 e. The van der Waals surface area contributed by atoms with Gasteiger partial charge < -0.3 is 128 Å². The zero-order chi connectivity index (χ0) is 82.7. The number of aromatic hydroxyl groups is 3. The first-order chi connectivity index (χ1) is 54.2. The lowest BCUT2D eigenvalue weighted by atomic mass is 9.84. The van der Waals surface area contributed by atoms with Crippen molar-refractivity contribution in [2.45, 2.75) is 234 Å². The lowest BCUT2D eigenvalue weighted by Crippen LogP contribution is -2.65. The van der Waals surface area contributed by atoms with Crippen LogP contribution in [0, 0.1) is 5.92 Å². The molecule has 0 aliphatic carbocycles. The molecule has 0 aromatic heterocycles. The van der Waals surface area contributed by atoms with Crippen LogP contribution in [0.4, 0.5) is 0 Å². The van der Waals surface area contributed by atoms with E-state index in [0.717, 1.165) is 98.8 Å². The number of unbranched alkanes of at least 4 members (excludes halogenated alkanes) is 10. The minimum Gasteiger partial charge on any atom is -0.508 e. The average molecular weight is 1630 g/mol. The minimum atomic E-state index is -2.34. The van der Waals surface area contributed by atoms with Crippen LogP contribution < -0.4 is 62.5 Å². The molecule has 2 saturated heterocycles. The van der Waals surface area contributed by atoms with Crippen LogP contribution in [0.25, 0.3) is 11.1 Å². The van der Waals surface area contributed by atoms with Crippen LogP contribution >= 0.6 is 23.2 Å². The number of hydrogen-bond acceptors (Lipinski definition) is 25. The van der Waals surface area contributed by atoms with Crippen molar-refractivity contribution in [1.82, 2.24) is 42.5 Å². The summed E-state index contributed by atoms with van der Waals surface area (Å²) >= 11 is 14.3. The van der Waals surface area contributed by atoms with Crippen LogP contribution in [0.5, 0.6) is 46.0 Å². The largest absolute Gasteiger partial charge is 0.508 e. The second-order valence-electron chi connectivity index (χ2n) is 30.1. The molecule has 12 rings (SSSR count). The molecule has 18 atom stereocenters. The molecule has 7 aliphatic heterocycles. The number of phenols is 3. The lowest BCUT2D eigenvalue weighted by molar-refractivity contribution is -0.334. The number of aliphatic carboxylic acids is 1. The number of hydrogen-bond donors (Lipinski definition) is 19. The Morgan fingerprint density at radius 3 is 1.84 bits per heavy atom. The summed E-state index contributed by atoms with van der Waals surface area (Å²) in [7, 11) is 1.48. The standard InChI is InChI=1S/C79H101Cl2N9O24/c1-7-8-9-10-11-12-13-14-15-16-17-24-84-79(5)34-57(109-37(4)70(79)100)113-69-67(99)66(98)55(35-91)112-78(69)114-68-53-29-41-30-54(68)111-52-23-20-40(28-46(52)81)65(97)63-76(106)88-61(77(107)108)44-31-42(92)32-50(94)58(44)43-26-38(18-21-49(43)93)59(73(103)90-63)87-74(104)60(41)86-72(102)48(33-56(82)95)85-75(105)62(89-71(101)47(83-6)25-36(2)3)64(96)39-19-22-51(110-53)45(80)27-39/h18-23,26-32,36-37,47-48,55,57,59-67,69-70,78,83-84,91-94,96-100H,7-17,24-25,33-35H2,1-6H3,(H2,82,95)(H,85,105)(H,86,102)(H,87,104)(H,88,106)(H,89,101)(H,90,103)(H,107,108)/t37-,47-,48+,55+,57+,59-,60-,61+,62-,63+,64-,65-,66+,67+,69+,70-,78-,79+/m1/s1. The van der Waals surface area contributed by atoms with Gasteiger partial charge in [-0.05, 0) is 123 Å². The second kappa shape index (κ2) is 38.5. The number of carboxylic acid groups (broad SMARTS) is 1. The Labute approximate surface area is 667 Å². The Bertz CT molecular complexity index is 4330. The fourth-order valence-electron chi connectivity index (χ4n) is 14.8. The predicted molar refractivity (Wildman–Crippen MR) is 410 cm³/mol. The molecule has 2 fully saturated rings. The van der Waals surface area contributed by atoms with Crippen molar-refractivity contribution in [2.24, 2.45) is 11.7 Å². The maximum absolute atomic E-state index is 16.2. The second-order valence-corrected chi connectivity index (χ2v) is 30.9. The minimum absolute atomic E-state index is 0.0791. The van der Waals surface area contributed by atoms with Crippen molar-refractivity contribution in [3.05, 3.63) is 117 Å². The Morgan fingerprint density at radius 2 is 1.25 bits per heavy atom. The fourth-order valence-corrected chi connectivity index (χ4v) is 15.3. The number of carbonyl (C=O) groups excluding carboxylic acids is 7. The molecular formula is C79H101Cl2N9O24. The number of nitrogens with two attached hydrogens (primary N) is 1. The number of benzene rings is 5. The zero-order valence-corrected chi connectivity index (χ0v) is 65.2. The molecule has 7 amide bonds. The van der Waals surface area contributed by atoms with Crippen molar-refractivity contribution in [3.63, 3.8) is 0 Å². The van der Waals surface area contributed by atoms with Gasteiger partial charge >= 0.3 is 5.97 Å². The first kappa shape index (κ1) is 87.2. The van der Waals surface area contributed by atoms with Crippen LogP contribution in [0.15, 0.2) is 78.9 Å². The molecule has 620 valence electrons. The van der Waals surface area contributed by atoms with Crippen LogP contribution in [0.3, 0.4) is 0 Å². The van der Waals surface area contributed by atoms with Gasteiger partial charge in [0.25, 0.3) is 0 Å². The van der Waals surface area contributed by atoms with E-state index in [1.54, 1.807) is 13.8 Å². The molecule has 7 heterocycles. The third-order valence-corrected chi connectivity index (χ3v) is 21.6. The lowest BCUT2D eigenvalue weighted by Gasteiger charge is -2.48. The number of amides is 7. The molecule has 7 aliphatic rings. The van der Waals surface area contributed by atoms with Gasteiger partial charge in [0.15, 0.2) is 29.9 Å². The summed E-state index contributed by atoms with van der Waals surface area (Å²) in [6, 6.07) is -0.393. The molecule has 5 aromatic carbocycles. The van der Waals surface area contributed by atoms with Gasteiger partial charge in [0, 0.05) is 34.7 Å². The third-order valence-electron chi connectivity index (χ3n) is 21.0. The summed E-state index contributed by atoms with van der Waals surface area (Å²) in [6.07, 6.45) is -5.84. The number of primary amides is 1. The molecule has 0 unspecified atom stereocenters. The molecule has 0 saturated carbocycles. The fraction of sp³-hybridized carbons (Fsp3) is 0.519. The summed E-state index contributed by atoms with van der Waals surface area (Å²) in [5.41, 5.74) is 1.92. The maximum Gasteiger partial charge on any atom is 0.330 e. The van der Waals surface area contributed by atoms with Crippen LogP contribution in [-0.2, 0) is 52.6 Å². The Balaban J connectivity index is 1.15. The van der Waals surface area contributed by atoms with E-state index in [1.165, 1.54) is 57.7 Å². The molecule has 11 bridgehead atoms. The van der Waals surface area contributed by atoms with Crippen LogP contribution in [0.1, 0.15) is 183 Å². The van der Waals surface area contributed by atoms with Gasteiger partial charge in [0.2, 0.25) is 53.4 Å². The average Bonchev–Trinajstić information content (AvgIpc) is 0.771. The Kier molecular flexibility index (Phi) is 29.4. The molecule has 35 heteroatoms. The van der Waals surface area contributed by atoms with Crippen molar-refractivity contribution in [1.29, 1.82) is 0 Å². The van der Waals surface area contributed by atoms with Crippen LogP contribution in [-0.4, -0.2) is 197 Å². The highest BCUT2D eigenvalue weighted by atomic mass is 35.5. The number of likely N-dealkylation sites (N-methyl/N-ethyl adjacent to an activating group) is 1. The molecule has 0 spiro atoms. The summed E-state index contributed by atoms with van der Waals surface area (Å²) in [6.45, 7) is 8.77. The van der Waals surface area contributed by atoms with Gasteiger partial charge in [-0.1, -0.05) is 126 Å². The van der Waals surface area contributed by atoms with Gasteiger partial charge in [0.05, 0.1) is 41.3 Å². The highest BCUT2D eigenvalue weighted by molar-refractivity contribution is 6.32. The number of fused-ring (bicyclic) bond motifs is 15. The number of rotatable bonds is 26. The Hall–Kier alpha value is -9.20. The van der Waals surface area contributed by atoms with E-state index in [4.69, 9.17) is 57.4 Å². The quantitative estimate of drug-likeness (QED) is 0.0322. The van der Waals surface area contributed by atoms with Crippen molar-refractivity contribution < 1.29 is 118 Å². The van der Waals surface area contributed by atoms with E-state index in [9.17, 15) is 75.0 Å². The van der Waals surface area contributed by atoms with E-state index in [2.05, 4.69) is 49.5 Å². The zero-order valence-electron chi connectivity index (χ0n) is 63.7. The van der Waals surface area contributed by atoms with Gasteiger partial charge in [-0.25, -0.2) is 4.79 Å². The molecule has 5 aromatic rings. The Morgan fingerprint density at radius 1 is 0.667 bits per heavy atom. The number of ether oxygens (including phenoxy) is 6. The van der Waals surface area contributed by atoms with E-state index in [1.807, 2.05) is 13.8 Å². The SMILES string of the molecule is CCCCCCCCCCCCCN[C@@]1(C)C[C@H](O[C@@H]2[C@@H](Oc3c4cc5cc3Oc3ccc(cc3Cl)[C@@H](O)[C@@H](NC(=O)[C@@H](CC(C)C)NC)C(=O)N[C@@H](CC(N)=O)C(=O)N[C@H]5C(=O)N[C@H]3C(=O)N[C@H](C(=O)N[C@H](C(=O)O)c5cc(O)cc(O)c5-c5cc3ccc5O)[C@H](O)c3ccc(c(Cl)c3)O4)O[C@@H](CO)[C@H](O)[C@@H]2O)O[C@H](C)[C@H]1O. The van der Waals surface area contributed by atoms with Gasteiger partial charge in [-0.15, -0.1) is 0 Å². The van der Waals surface area contributed by atoms with E-state index in [-0.39, 0.29) is 52.0 Å². The first-order valence-corrected chi connectivity index (χ1v) is 38.9. The molecule has 0 radical (unpaired) electrons. The number of aliphatic hydroxyl groups excluding tert-OH is 6. The normalized spacial score (nSPS) is 27.4. The number of aliphatic hydroxyl groups is 6. The number of carbonyl (C=O) groups is 8. The number of phenolic OH excluding ortho intramolecular Hbond substituents is 3. The highest BCUT2D eigenvalue weighted by Crippen LogP contribution is 2.50. The molecule has 20 N–H and O–H groups in total. The predicted octanol–water partition coefficient (Wildman–Crippen LogP) is 5.05. The number of nitrogens with one attached hydrogen (secondary N) is 8. The van der Waals surface area contributed by atoms with E-state index in [0.29, 0.717) is 6.54 Å².